The molecule has 0 saturated heterocycles. The molecule has 1 heterocycles. The first-order valence-corrected chi connectivity index (χ1v) is 5.93. The van der Waals surface area contributed by atoms with Crippen molar-refractivity contribution in [3.8, 4) is 11.5 Å². The number of carbonyl (C=O) groups excluding carboxylic acids is 1. The van der Waals surface area contributed by atoms with E-state index < -0.39 is 0 Å². The predicted octanol–water partition coefficient (Wildman–Crippen LogP) is 3.28. The van der Waals surface area contributed by atoms with Crippen LogP contribution >= 0.6 is 11.3 Å². The molecular formula is C13H12O3S. The van der Waals surface area contributed by atoms with Gasteiger partial charge in [0.15, 0.2) is 0 Å². The van der Waals surface area contributed by atoms with Crippen molar-refractivity contribution in [2.45, 2.75) is 6.92 Å². The minimum atomic E-state index is -0.326. The molecular weight excluding hydrogens is 236 g/mol. The van der Waals surface area contributed by atoms with E-state index in [1.54, 1.807) is 37.4 Å². The minimum absolute atomic E-state index is 0.326. The molecule has 0 aliphatic heterocycles. The highest BCUT2D eigenvalue weighted by atomic mass is 32.1. The fourth-order valence-corrected chi connectivity index (χ4v) is 2.09. The first kappa shape index (κ1) is 11.7. The van der Waals surface area contributed by atoms with Crippen molar-refractivity contribution in [1.29, 1.82) is 0 Å². The van der Waals surface area contributed by atoms with Crippen molar-refractivity contribution in [2.24, 2.45) is 0 Å². The highest BCUT2D eigenvalue weighted by Crippen LogP contribution is 2.20. The van der Waals surface area contributed by atoms with Crippen molar-refractivity contribution in [3.63, 3.8) is 0 Å². The number of ether oxygens (including phenoxy) is 2. The second kappa shape index (κ2) is 5.01. The van der Waals surface area contributed by atoms with Crippen LogP contribution in [0.4, 0.5) is 0 Å². The summed E-state index contributed by atoms with van der Waals surface area (Å²) >= 11 is 1.42. The summed E-state index contributed by atoms with van der Waals surface area (Å²) in [5.74, 6) is 0.923. The summed E-state index contributed by atoms with van der Waals surface area (Å²) < 4.78 is 10.3. The zero-order chi connectivity index (χ0) is 12.3. The molecule has 0 radical (unpaired) electrons. The maximum atomic E-state index is 11.7. The first-order valence-electron chi connectivity index (χ1n) is 5.12. The van der Waals surface area contributed by atoms with E-state index in [1.165, 1.54) is 11.3 Å². The van der Waals surface area contributed by atoms with E-state index in [-0.39, 0.29) is 5.97 Å². The third kappa shape index (κ3) is 2.85. The van der Waals surface area contributed by atoms with Crippen LogP contribution in [0, 0.1) is 6.92 Å². The molecule has 2 rings (SSSR count). The van der Waals surface area contributed by atoms with Crippen molar-refractivity contribution in [1.82, 2.24) is 0 Å². The summed E-state index contributed by atoms with van der Waals surface area (Å²) in [4.78, 5) is 13.4. The Morgan fingerprint density at radius 1 is 1.06 bits per heavy atom. The zero-order valence-corrected chi connectivity index (χ0v) is 10.4. The van der Waals surface area contributed by atoms with Crippen molar-refractivity contribution in [2.75, 3.05) is 7.11 Å². The van der Waals surface area contributed by atoms with Crippen LogP contribution in [0.2, 0.25) is 0 Å². The van der Waals surface area contributed by atoms with Crippen LogP contribution in [0.15, 0.2) is 36.4 Å². The number of benzene rings is 1. The van der Waals surface area contributed by atoms with Crippen LogP contribution < -0.4 is 9.47 Å². The molecule has 0 aliphatic carbocycles. The Hall–Kier alpha value is -1.81. The lowest BCUT2D eigenvalue weighted by atomic mass is 10.3. The standard InChI is InChI=1S/C13H12O3S/c1-9-3-8-12(17-9)13(14)16-11-6-4-10(15-2)5-7-11/h3-8H,1-2H3. The van der Waals surface area contributed by atoms with E-state index in [0.29, 0.717) is 10.6 Å². The maximum Gasteiger partial charge on any atom is 0.353 e. The summed E-state index contributed by atoms with van der Waals surface area (Å²) in [7, 11) is 1.59. The normalized spacial score (nSPS) is 10.0. The molecule has 0 spiro atoms. The van der Waals surface area contributed by atoms with Gasteiger partial charge in [-0.05, 0) is 43.3 Å². The molecule has 88 valence electrons. The van der Waals surface area contributed by atoms with E-state index >= 15 is 0 Å². The second-order valence-corrected chi connectivity index (χ2v) is 4.76. The van der Waals surface area contributed by atoms with Gasteiger partial charge in [0.1, 0.15) is 16.4 Å². The molecule has 0 saturated carbocycles. The van der Waals surface area contributed by atoms with Gasteiger partial charge in [-0.15, -0.1) is 11.3 Å². The number of rotatable bonds is 3. The summed E-state index contributed by atoms with van der Waals surface area (Å²) in [6.45, 7) is 1.95. The number of thiophene rings is 1. The van der Waals surface area contributed by atoms with Gasteiger partial charge in [0, 0.05) is 4.88 Å². The lowest BCUT2D eigenvalue weighted by molar-refractivity contribution is 0.0739. The average molecular weight is 248 g/mol. The Balaban J connectivity index is 2.07. The number of methoxy groups -OCH3 is 1. The lowest BCUT2D eigenvalue weighted by Gasteiger charge is -2.03. The Morgan fingerprint density at radius 3 is 2.24 bits per heavy atom. The molecule has 1 aromatic heterocycles. The molecule has 17 heavy (non-hydrogen) atoms. The molecule has 0 unspecified atom stereocenters. The molecule has 2 aromatic rings. The highest BCUT2D eigenvalue weighted by Gasteiger charge is 2.10. The summed E-state index contributed by atoms with van der Waals surface area (Å²) in [6, 6.07) is 10.6. The molecule has 0 amide bonds. The molecule has 4 heteroatoms. The van der Waals surface area contributed by atoms with Gasteiger partial charge in [0.25, 0.3) is 0 Å². The van der Waals surface area contributed by atoms with Crippen LogP contribution in [0.5, 0.6) is 11.5 Å². The third-order valence-electron chi connectivity index (χ3n) is 2.21. The van der Waals surface area contributed by atoms with Crippen LogP contribution in [0.25, 0.3) is 0 Å². The monoisotopic (exact) mass is 248 g/mol. The molecule has 1 aromatic carbocycles. The number of hydrogen-bond acceptors (Lipinski definition) is 4. The Labute approximate surface area is 104 Å². The molecule has 0 N–H and O–H groups in total. The SMILES string of the molecule is COc1ccc(OC(=O)c2ccc(C)s2)cc1. The number of aryl methyl sites for hydroxylation is 1. The van der Waals surface area contributed by atoms with Crippen LogP contribution in [-0.2, 0) is 0 Å². The van der Waals surface area contributed by atoms with E-state index in [4.69, 9.17) is 9.47 Å². The van der Waals surface area contributed by atoms with E-state index in [1.807, 2.05) is 13.0 Å². The first-order chi connectivity index (χ1) is 8.19. The second-order valence-electron chi connectivity index (χ2n) is 3.48. The Kier molecular flexibility index (Phi) is 3.44. The Bertz CT molecular complexity index is 514. The van der Waals surface area contributed by atoms with Gasteiger partial charge in [0.05, 0.1) is 7.11 Å². The van der Waals surface area contributed by atoms with Gasteiger partial charge in [-0.3, -0.25) is 0 Å². The van der Waals surface area contributed by atoms with Crippen LogP contribution in [-0.4, -0.2) is 13.1 Å². The van der Waals surface area contributed by atoms with Gasteiger partial charge >= 0.3 is 5.97 Å². The van der Waals surface area contributed by atoms with E-state index in [0.717, 1.165) is 10.6 Å². The molecule has 0 bridgehead atoms. The fraction of sp³-hybridized carbons (Fsp3) is 0.154. The van der Waals surface area contributed by atoms with Gasteiger partial charge in [-0.1, -0.05) is 0 Å². The van der Waals surface area contributed by atoms with Crippen LogP contribution in [0.1, 0.15) is 14.5 Å². The smallest absolute Gasteiger partial charge is 0.353 e. The average Bonchev–Trinajstić information content (AvgIpc) is 2.77. The van der Waals surface area contributed by atoms with Gasteiger partial charge < -0.3 is 9.47 Å². The van der Waals surface area contributed by atoms with Gasteiger partial charge in [-0.25, -0.2) is 4.79 Å². The number of esters is 1. The number of hydrogen-bond donors (Lipinski definition) is 0. The minimum Gasteiger partial charge on any atom is -0.497 e. The maximum absolute atomic E-state index is 11.7. The van der Waals surface area contributed by atoms with Gasteiger partial charge in [-0.2, -0.15) is 0 Å². The van der Waals surface area contributed by atoms with Crippen molar-refractivity contribution < 1.29 is 14.3 Å². The summed E-state index contributed by atoms with van der Waals surface area (Å²) in [5, 5.41) is 0. The van der Waals surface area contributed by atoms with Crippen LogP contribution in [0.3, 0.4) is 0 Å². The van der Waals surface area contributed by atoms with Gasteiger partial charge in [0.2, 0.25) is 0 Å². The Morgan fingerprint density at radius 2 is 1.71 bits per heavy atom. The molecule has 0 fully saturated rings. The third-order valence-corrected chi connectivity index (χ3v) is 3.19. The van der Waals surface area contributed by atoms with Crippen molar-refractivity contribution >= 4 is 17.3 Å². The van der Waals surface area contributed by atoms with E-state index in [9.17, 15) is 4.79 Å². The quantitative estimate of drug-likeness (QED) is 0.617. The topological polar surface area (TPSA) is 35.5 Å². The highest BCUT2D eigenvalue weighted by molar-refractivity contribution is 7.13. The predicted molar refractivity (Wildman–Crippen MR) is 67.0 cm³/mol. The lowest BCUT2D eigenvalue weighted by Crippen LogP contribution is -2.06. The summed E-state index contributed by atoms with van der Waals surface area (Å²) in [5.41, 5.74) is 0. The molecule has 0 atom stereocenters. The number of carbonyl (C=O) groups is 1. The largest absolute Gasteiger partial charge is 0.497 e. The fourth-order valence-electron chi connectivity index (χ4n) is 1.35. The molecule has 0 aliphatic rings. The van der Waals surface area contributed by atoms with E-state index in [2.05, 4.69) is 0 Å². The van der Waals surface area contributed by atoms with Crippen molar-refractivity contribution in [3.05, 3.63) is 46.2 Å². The zero-order valence-electron chi connectivity index (χ0n) is 9.60. The summed E-state index contributed by atoms with van der Waals surface area (Å²) in [6.07, 6.45) is 0. The molecule has 3 nitrogen and oxygen atoms in total.